The Morgan fingerprint density at radius 3 is 3.05 bits per heavy atom. The molecular formula is C15H20N4O2. The fourth-order valence-electron chi connectivity index (χ4n) is 3.02. The highest BCUT2D eigenvalue weighted by Gasteiger charge is 2.25. The first-order valence-electron chi connectivity index (χ1n) is 7.24. The van der Waals surface area contributed by atoms with Gasteiger partial charge in [0, 0.05) is 39.0 Å². The molecule has 1 atom stereocenters. The molecule has 112 valence electrons. The zero-order valence-corrected chi connectivity index (χ0v) is 12.7. The van der Waals surface area contributed by atoms with Crippen LogP contribution in [0, 0.1) is 19.8 Å². The van der Waals surface area contributed by atoms with E-state index in [0.29, 0.717) is 22.9 Å². The molecule has 3 heterocycles. The van der Waals surface area contributed by atoms with Gasteiger partial charge in [-0.25, -0.2) is 4.98 Å². The number of imidazole rings is 1. The third-order valence-corrected chi connectivity index (χ3v) is 4.18. The summed E-state index contributed by atoms with van der Waals surface area (Å²) in [7, 11) is 1.84. The molecule has 0 saturated carbocycles. The summed E-state index contributed by atoms with van der Waals surface area (Å²) in [5.74, 6) is 2.14. The van der Waals surface area contributed by atoms with Crippen molar-refractivity contribution < 1.29 is 9.32 Å². The molecule has 1 aliphatic heterocycles. The van der Waals surface area contributed by atoms with Gasteiger partial charge in [0.2, 0.25) is 0 Å². The molecule has 0 fully saturated rings. The molecule has 0 bridgehead atoms. The van der Waals surface area contributed by atoms with Gasteiger partial charge in [-0.05, 0) is 26.2 Å². The molecule has 0 aromatic carbocycles. The Labute approximate surface area is 123 Å². The van der Waals surface area contributed by atoms with E-state index in [0.717, 1.165) is 31.8 Å². The first-order valence-corrected chi connectivity index (χ1v) is 7.24. The lowest BCUT2D eigenvalue weighted by atomic mass is 9.97. The van der Waals surface area contributed by atoms with Gasteiger partial charge in [0.15, 0.2) is 0 Å². The first-order chi connectivity index (χ1) is 10.1. The maximum Gasteiger partial charge on any atom is 0.259 e. The van der Waals surface area contributed by atoms with Gasteiger partial charge in [-0.3, -0.25) is 4.79 Å². The van der Waals surface area contributed by atoms with Gasteiger partial charge in [0.1, 0.15) is 17.1 Å². The minimum Gasteiger partial charge on any atom is -0.361 e. The van der Waals surface area contributed by atoms with Crippen LogP contribution in [-0.2, 0) is 13.0 Å². The maximum absolute atomic E-state index is 12.5. The third-order valence-electron chi connectivity index (χ3n) is 4.18. The molecule has 6 heteroatoms. The molecule has 0 spiro atoms. The largest absolute Gasteiger partial charge is 0.361 e. The topological polar surface area (TPSA) is 64.2 Å². The molecule has 0 saturated heterocycles. The molecule has 2 aromatic heterocycles. The predicted octanol–water partition coefficient (Wildman–Crippen LogP) is 1.82. The molecule has 1 aliphatic rings. The molecule has 21 heavy (non-hydrogen) atoms. The smallest absolute Gasteiger partial charge is 0.259 e. The van der Waals surface area contributed by atoms with Crippen LogP contribution in [0.15, 0.2) is 16.9 Å². The molecule has 0 N–H and O–H groups in total. The average Bonchev–Trinajstić information content (AvgIpc) is 3.04. The quantitative estimate of drug-likeness (QED) is 0.864. The van der Waals surface area contributed by atoms with Crippen LogP contribution < -0.4 is 0 Å². The van der Waals surface area contributed by atoms with Crippen LogP contribution in [-0.4, -0.2) is 39.1 Å². The van der Waals surface area contributed by atoms with Crippen LogP contribution >= 0.6 is 0 Å². The minimum absolute atomic E-state index is 0.0137. The molecular weight excluding hydrogens is 268 g/mol. The molecule has 1 amide bonds. The Hall–Kier alpha value is -2.11. The lowest BCUT2D eigenvalue weighted by molar-refractivity contribution is 0.0761. The normalized spacial score (nSPS) is 17.6. The first kappa shape index (κ1) is 13.9. The van der Waals surface area contributed by atoms with Crippen molar-refractivity contribution in [1.82, 2.24) is 19.6 Å². The van der Waals surface area contributed by atoms with Gasteiger partial charge in [-0.1, -0.05) is 5.16 Å². The highest BCUT2D eigenvalue weighted by Crippen LogP contribution is 2.21. The Kier molecular flexibility index (Phi) is 3.53. The standard InChI is InChI=1S/C15H20N4O2/c1-10-14(11(2)21-17-10)15(20)18(3)9-12-4-6-19-7-5-16-13(19)8-12/h5,7,12H,4,6,8-9H2,1-3H3/t12-/m1/s1. The summed E-state index contributed by atoms with van der Waals surface area (Å²) < 4.78 is 7.27. The summed E-state index contributed by atoms with van der Waals surface area (Å²) >= 11 is 0. The van der Waals surface area contributed by atoms with E-state index in [1.54, 1.807) is 18.7 Å². The zero-order chi connectivity index (χ0) is 15.0. The number of amides is 1. The number of rotatable bonds is 3. The van der Waals surface area contributed by atoms with E-state index >= 15 is 0 Å². The van der Waals surface area contributed by atoms with Crippen LogP contribution in [0.4, 0.5) is 0 Å². The minimum atomic E-state index is -0.0137. The number of hydrogen-bond acceptors (Lipinski definition) is 4. The Morgan fingerprint density at radius 2 is 2.33 bits per heavy atom. The van der Waals surface area contributed by atoms with Crippen LogP contribution in [0.1, 0.15) is 34.1 Å². The fraction of sp³-hybridized carbons (Fsp3) is 0.533. The van der Waals surface area contributed by atoms with Gasteiger partial charge in [0.05, 0.1) is 5.69 Å². The average molecular weight is 288 g/mol. The van der Waals surface area contributed by atoms with Crippen LogP contribution in [0.25, 0.3) is 0 Å². The third kappa shape index (κ3) is 2.57. The van der Waals surface area contributed by atoms with Crippen LogP contribution in [0.2, 0.25) is 0 Å². The lowest BCUT2D eigenvalue weighted by Crippen LogP contribution is -2.35. The maximum atomic E-state index is 12.5. The summed E-state index contributed by atoms with van der Waals surface area (Å²) in [6.45, 7) is 5.29. The number of nitrogens with zero attached hydrogens (tertiary/aromatic N) is 4. The Morgan fingerprint density at radius 1 is 1.52 bits per heavy atom. The van der Waals surface area contributed by atoms with E-state index in [9.17, 15) is 4.79 Å². The summed E-state index contributed by atoms with van der Waals surface area (Å²) in [4.78, 5) is 18.7. The second kappa shape index (κ2) is 5.35. The summed E-state index contributed by atoms with van der Waals surface area (Å²) in [6.07, 6.45) is 5.86. The van der Waals surface area contributed by atoms with Crippen molar-refractivity contribution in [2.45, 2.75) is 33.2 Å². The van der Waals surface area contributed by atoms with E-state index < -0.39 is 0 Å². The lowest BCUT2D eigenvalue weighted by Gasteiger charge is -2.27. The Balaban J connectivity index is 1.67. The monoisotopic (exact) mass is 288 g/mol. The van der Waals surface area contributed by atoms with Crippen molar-refractivity contribution in [2.24, 2.45) is 5.92 Å². The van der Waals surface area contributed by atoms with Crippen molar-refractivity contribution in [3.8, 4) is 0 Å². The van der Waals surface area contributed by atoms with Gasteiger partial charge in [-0.2, -0.15) is 0 Å². The van der Waals surface area contributed by atoms with E-state index in [4.69, 9.17) is 4.52 Å². The molecule has 3 rings (SSSR count). The number of hydrogen-bond donors (Lipinski definition) is 0. The summed E-state index contributed by atoms with van der Waals surface area (Å²) in [6, 6.07) is 0. The van der Waals surface area contributed by atoms with Crippen molar-refractivity contribution in [3.05, 3.63) is 35.2 Å². The van der Waals surface area contributed by atoms with Gasteiger partial charge in [-0.15, -0.1) is 0 Å². The van der Waals surface area contributed by atoms with E-state index in [1.165, 1.54) is 0 Å². The number of aryl methyl sites for hydroxylation is 3. The molecule has 0 radical (unpaired) electrons. The van der Waals surface area contributed by atoms with Crippen molar-refractivity contribution in [3.63, 3.8) is 0 Å². The molecule has 2 aromatic rings. The number of aromatic nitrogens is 3. The number of fused-ring (bicyclic) bond motifs is 1. The van der Waals surface area contributed by atoms with E-state index in [2.05, 4.69) is 14.7 Å². The second-order valence-corrected chi connectivity index (χ2v) is 5.78. The van der Waals surface area contributed by atoms with E-state index in [-0.39, 0.29) is 5.91 Å². The van der Waals surface area contributed by atoms with Crippen molar-refractivity contribution >= 4 is 5.91 Å². The SMILES string of the molecule is Cc1noc(C)c1C(=O)N(C)C[C@@H]1CCn2ccnc2C1. The van der Waals surface area contributed by atoms with Crippen molar-refractivity contribution in [2.75, 3.05) is 13.6 Å². The molecule has 6 nitrogen and oxygen atoms in total. The summed E-state index contributed by atoms with van der Waals surface area (Å²) in [5, 5.41) is 3.85. The highest BCUT2D eigenvalue weighted by atomic mass is 16.5. The number of carbonyl (C=O) groups excluding carboxylic acids is 1. The van der Waals surface area contributed by atoms with E-state index in [1.807, 2.05) is 19.4 Å². The van der Waals surface area contributed by atoms with Crippen LogP contribution in [0.5, 0.6) is 0 Å². The van der Waals surface area contributed by atoms with Gasteiger partial charge in [0.25, 0.3) is 5.91 Å². The molecule has 0 aliphatic carbocycles. The van der Waals surface area contributed by atoms with Crippen molar-refractivity contribution in [1.29, 1.82) is 0 Å². The summed E-state index contributed by atoms with van der Waals surface area (Å²) in [5.41, 5.74) is 1.25. The van der Waals surface area contributed by atoms with Crippen LogP contribution in [0.3, 0.4) is 0 Å². The Bertz CT molecular complexity index is 639. The highest BCUT2D eigenvalue weighted by molar-refractivity contribution is 5.95. The number of carbonyl (C=O) groups is 1. The zero-order valence-electron chi connectivity index (χ0n) is 12.7. The van der Waals surface area contributed by atoms with Gasteiger partial charge >= 0.3 is 0 Å². The second-order valence-electron chi connectivity index (χ2n) is 5.78. The van der Waals surface area contributed by atoms with Gasteiger partial charge < -0.3 is 14.0 Å². The molecule has 0 unspecified atom stereocenters. The predicted molar refractivity (Wildman–Crippen MR) is 77.0 cm³/mol. The fourth-order valence-corrected chi connectivity index (χ4v) is 3.02.